The molecule has 0 saturated heterocycles. The lowest BCUT2D eigenvalue weighted by Gasteiger charge is -2.14. The number of phenolic OH excluding ortho intramolecular Hbond substituents is 2. The first kappa shape index (κ1) is 15.0. The molecule has 0 amide bonds. The van der Waals surface area contributed by atoms with Gasteiger partial charge < -0.3 is 19.7 Å². The molecule has 0 spiro atoms. The molecule has 5 heteroatoms. The van der Waals surface area contributed by atoms with E-state index < -0.39 is 12.1 Å². The number of hydrogen-bond acceptors (Lipinski definition) is 5. The minimum Gasteiger partial charge on any atom is -0.508 e. The number of carbonyl (C=O) groups excluding carboxylic acids is 1. The fourth-order valence-corrected chi connectivity index (χ4v) is 2.64. The summed E-state index contributed by atoms with van der Waals surface area (Å²) in [5.41, 5.74) is 2.34. The smallest absolute Gasteiger partial charge is 0.374 e. The van der Waals surface area contributed by atoms with E-state index in [1.54, 1.807) is 48.5 Å². The second kappa shape index (κ2) is 6.04. The van der Waals surface area contributed by atoms with Crippen molar-refractivity contribution in [2.24, 2.45) is 0 Å². The SMILES string of the molecule is COC1=C(c2ccc(O)cc2)C(Cc2ccc(O)cc2)OC1=O. The van der Waals surface area contributed by atoms with E-state index in [1.165, 1.54) is 7.11 Å². The Hall–Kier alpha value is -2.95. The van der Waals surface area contributed by atoms with Gasteiger partial charge in [-0.2, -0.15) is 0 Å². The zero-order valence-electron chi connectivity index (χ0n) is 12.5. The lowest BCUT2D eigenvalue weighted by Crippen LogP contribution is -2.14. The summed E-state index contributed by atoms with van der Waals surface area (Å²) in [5, 5.41) is 18.8. The van der Waals surface area contributed by atoms with Crippen molar-refractivity contribution in [3.05, 3.63) is 65.4 Å². The molecular weight excluding hydrogens is 296 g/mol. The predicted octanol–water partition coefficient (Wildman–Crippen LogP) is 2.62. The van der Waals surface area contributed by atoms with Crippen LogP contribution in [-0.2, 0) is 20.7 Å². The third-order valence-corrected chi connectivity index (χ3v) is 3.74. The van der Waals surface area contributed by atoms with Gasteiger partial charge in [0.25, 0.3) is 0 Å². The van der Waals surface area contributed by atoms with Gasteiger partial charge in [-0.15, -0.1) is 0 Å². The molecule has 118 valence electrons. The van der Waals surface area contributed by atoms with Crippen LogP contribution in [0.2, 0.25) is 0 Å². The molecule has 2 aromatic carbocycles. The highest BCUT2D eigenvalue weighted by molar-refractivity contribution is 6.01. The highest BCUT2D eigenvalue weighted by Crippen LogP contribution is 2.34. The fourth-order valence-electron chi connectivity index (χ4n) is 2.64. The number of rotatable bonds is 4. The summed E-state index contributed by atoms with van der Waals surface area (Å²) in [6, 6.07) is 13.3. The quantitative estimate of drug-likeness (QED) is 0.849. The zero-order chi connectivity index (χ0) is 16.4. The van der Waals surface area contributed by atoms with Crippen LogP contribution in [0.25, 0.3) is 5.57 Å². The average molecular weight is 312 g/mol. The Labute approximate surface area is 133 Å². The summed E-state index contributed by atoms with van der Waals surface area (Å²) in [5.74, 6) is 0.0107. The van der Waals surface area contributed by atoms with E-state index in [1.807, 2.05) is 0 Å². The molecule has 23 heavy (non-hydrogen) atoms. The van der Waals surface area contributed by atoms with Gasteiger partial charge in [0.05, 0.1) is 7.11 Å². The maximum atomic E-state index is 12.0. The van der Waals surface area contributed by atoms with Crippen molar-refractivity contribution in [1.82, 2.24) is 0 Å². The first-order valence-corrected chi connectivity index (χ1v) is 7.15. The lowest BCUT2D eigenvalue weighted by molar-refractivity contribution is -0.142. The van der Waals surface area contributed by atoms with E-state index in [4.69, 9.17) is 9.47 Å². The molecule has 0 radical (unpaired) electrons. The molecule has 1 aliphatic heterocycles. The number of hydrogen-bond donors (Lipinski definition) is 2. The molecule has 0 saturated carbocycles. The Morgan fingerprint density at radius 3 is 2.13 bits per heavy atom. The number of cyclic esters (lactones) is 1. The van der Waals surface area contributed by atoms with E-state index in [0.717, 1.165) is 11.1 Å². The van der Waals surface area contributed by atoms with Gasteiger partial charge in [0, 0.05) is 12.0 Å². The minimum atomic E-state index is -0.501. The number of methoxy groups -OCH3 is 1. The molecule has 0 bridgehead atoms. The van der Waals surface area contributed by atoms with Crippen LogP contribution in [0.15, 0.2) is 54.3 Å². The largest absolute Gasteiger partial charge is 0.508 e. The van der Waals surface area contributed by atoms with Gasteiger partial charge in [0.2, 0.25) is 5.76 Å². The van der Waals surface area contributed by atoms with Crippen LogP contribution in [-0.4, -0.2) is 29.4 Å². The number of esters is 1. The Morgan fingerprint density at radius 1 is 1.00 bits per heavy atom. The standard InChI is InChI=1S/C18H16O5/c1-22-17-16(12-4-8-14(20)9-5-12)15(23-18(17)21)10-11-2-6-13(19)7-3-11/h2-9,15,19-20H,10H2,1H3. The van der Waals surface area contributed by atoms with Crippen LogP contribution >= 0.6 is 0 Å². The van der Waals surface area contributed by atoms with Crippen LogP contribution in [0.4, 0.5) is 0 Å². The van der Waals surface area contributed by atoms with E-state index in [0.29, 0.717) is 12.0 Å². The molecule has 1 atom stereocenters. The van der Waals surface area contributed by atoms with Crippen LogP contribution in [0.1, 0.15) is 11.1 Å². The van der Waals surface area contributed by atoms with Gasteiger partial charge in [-0.05, 0) is 35.4 Å². The molecule has 1 heterocycles. The van der Waals surface area contributed by atoms with Crippen molar-refractivity contribution in [1.29, 1.82) is 0 Å². The zero-order valence-corrected chi connectivity index (χ0v) is 12.5. The highest BCUT2D eigenvalue weighted by Gasteiger charge is 2.36. The third kappa shape index (κ3) is 2.99. The maximum absolute atomic E-state index is 12.0. The van der Waals surface area contributed by atoms with Gasteiger partial charge >= 0.3 is 5.97 Å². The van der Waals surface area contributed by atoms with Crippen LogP contribution in [0.3, 0.4) is 0 Å². The van der Waals surface area contributed by atoms with E-state index >= 15 is 0 Å². The van der Waals surface area contributed by atoms with Crippen molar-refractivity contribution in [2.45, 2.75) is 12.5 Å². The molecule has 0 fully saturated rings. The van der Waals surface area contributed by atoms with Crippen LogP contribution in [0.5, 0.6) is 11.5 Å². The number of benzene rings is 2. The molecular formula is C18H16O5. The van der Waals surface area contributed by atoms with Crippen molar-refractivity contribution in [3.63, 3.8) is 0 Å². The molecule has 0 aromatic heterocycles. The van der Waals surface area contributed by atoms with Gasteiger partial charge in [0.1, 0.15) is 17.6 Å². The summed E-state index contributed by atoms with van der Waals surface area (Å²) < 4.78 is 10.6. The van der Waals surface area contributed by atoms with Crippen molar-refractivity contribution in [3.8, 4) is 11.5 Å². The second-order valence-corrected chi connectivity index (χ2v) is 5.26. The minimum absolute atomic E-state index is 0.147. The summed E-state index contributed by atoms with van der Waals surface area (Å²) in [7, 11) is 1.43. The summed E-state index contributed by atoms with van der Waals surface area (Å²) in [4.78, 5) is 12.0. The van der Waals surface area contributed by atoms with E-state index in [2.05, 4.69) is 0 Å². The average Bonchev–Trinajstić information content (AvgIpc) is 2.85. The lowest BCUT2D eigenvalue weighted by atomic mass is 9.95. The third-order valence-electron chi connectivity index (χ3n) is 3.74. The Kier molecular flexibility index (Phi) is 3.93. The molecule has 1 aliphatic rings. The Bertz CT molecular complexity index is 744. The predicted molar refractivity (Wildman–Crippen MR) is 83.7 cm³/mol. The Morgan fingerprint density at radius 2 is 1.57 bits per heavy atom. The summed E-state index contributed by atoms with van der Waals surface area (Å²) in [6.07, 6.45) is -0.0127. The number of carbonyl (C=O) groups is 1. The van der Waals surface area contributed by atoms with Crippen molar-refractivity contribution >= 4 is 11.5 Å². The van der Waals surface area contributed by atoms with Crippen LogP contribution in [0, 0.1) is 0 Å². The van der Waals surface area contributed by atoms with Crippen molar-refractivity contribution in [2.75, 3.05) is 7.11 Å². The molecule has 2 N–H and O–H groups in total. The Balaban J connectivity index is 1.95. The molecule has 3 rings (SSSR count). The van der Waals surface area contributed by atoms with E-state index in [-0.39, 0.29) is 17.3 Å². The topological polar surface area (TPSA) is 76.0 Å². The summed E-state index contributed by atoms with van der Waals surface area (Å²) in [6.45, 7) is 0. The fraction of sp³-hybridized carbons (Fsp3) is 0.167. The second-order valence-electron chi connectivity index (χ2n) is 5.26. The molecule has 5 nitrogen and oxygen atoms in total. The highest BCUT2D eigenvalue weighted by atomic mass is 16.6. The maximum Gasteiger partial charge on any atom is 0.374 e. The van der Waals surface area contributed by atoms with E-state index in [9.17, 15) is 15.0 Å². The number of ether oxygens (including phenoxy) is 2. The van der Waals surface area contributed by atoms with Gasteiger partial charge in [-0.25, -0.2) is 4.79 Å². The first-order chi connectivity index (χ1) is 11.1. The monoisotopic (exact) mass is 312 g/mol. The molecule has 2 aromatic rings. The normalized spacial score (nSPS) is 17.3. The van der Waals surface area contributed by atoms with Gasteiger partial charge in [-0.3, -0.25) is 0 Å². The van der Waals surface area contributed by atoms with Gasteiger partial charge in [0.15, 0.2) is 0 Å². The van der Waals surface area contributed by atoms with Crippen LogP contribution < -0.4 is 0 Å². The first-order valence-electron chi connectivity index (χ1n) is 7.15. The van der Waals surface area contributed by atoms with Gasteiger partial charge in [-0.1, -0.05) is 24.3 Å². The van der Waals surface area contributed by atoms with Crippen molar-refractivity contribution < 1.29 is 24.5 Å². The summed E-state index contributed by atoms with van der Waals surface area (Å²) >= 11 is 0. The number of aromatic hydroxyl groups is 2. The molecule has 1 unspecified atom stereocenters. The molecule has 0 aliphatic carbocycles. The number of phenols is 2.